The van der Waals surface area contributed by atoms with Crippen molar-refractivity contribution in [1.29, 1.82) is 0 Å². The Morgan fingerprint density at radius 2 is 1.57 bits per heavy atom. The Labute approximate surface area is 87.7 Å². The molecule has 0 spiro atoms. The maximum absolute atomic E-state index is 11.1. The first kappa shape index (κ1) is 15.8. The SMILES string of the molecule is O=C(CC(=O)OB(OF)OF)OF.[LiH]. The Morgan fingerprint density at radius 1 is 1.07 bits per heavy atom. The summed E-state index contributed by atoms with van der Waals surface area (Å²) in [5.74, 6) is -3.07. The molecule has 76 valence electrons. The van der Waals surface area contributed by atoms with Crippen LogP contribution in [0, 0.1) is 0 Å². The standard InChI is InChI=1S/C3H2BF3O6.Li.H/c5-11-3(9)1-2(8)10-4(12-6)13-7;;/h1H2;;. The molecule has 0 saturated heterocycles. The van der Waals surface area contributed by atoms with Crippen LogP contribution in [0.5, 0.6) is 0 Å². The summed E-state index contributed by atoms with van der Waals surface area (Å²) < 4.78 is 36.8. The quantitative estimate of drug-likeness (QED) is 0.449. The van der Waals surface area contributed by atoms with E-state index in [1.807, 2.05) is 0 Å². The summed E-state index contributed by atoms with van der Waals surface area (Å²) >= 11 is 0. The van der Waals surface area contributed by atoms with Gasteiger partial charge in [-0.2, -0.15) is 9.72 Å². The van der Waals surface area contributed by atoms with Crippen LogP contribution in [0.3, 0.4) is 0 Å². The van der Waals surface area contributed by atoms with Crippen LogP contribution in [0.4, 0.5) is 13.6 Å². The molecule has 11 heteroatoms. The molecule has 6 nitrogen and oxygen atoms in total. The van der Waals surface area contributed by atoms with Crippen molar-refractivity contribution in [3.05, 3.63) is 0 Å². The number of halogens is 3. The van der Waals surface area contributed by atoms with Gasteiger partial charge in [0.05, 0.1) is 0 Å². The van der Waals surface area contributed by atoms with Crippen molar-refractivity contribution in [2.75, 3.05) is 0 Å². The van der Waals surface area contributed by atoms with Crippen molar-refractivity contribution in [2.24, 2.45) is 0 Å². The van der Waals surface area contributed by atoms with Gasteiger partial charge in [-0.05, 0) is 0 Å². The molecule has 0 atom stereocenters. The maximum atomic E-state index is 11.1. The number of carbonyl (C=O) groups excluding carboxylic acids is 2. The van der Waals surface area contributed by atoms with Crippen LogP contribution in [0.25, 0.3) is 0 Å². The fourth-order valence-electron chi connectivity index (χ4n) is 0.344. The van der Waals surface area contributed by atoms with E-state index in [0.29, 0.717) is 0 Å². The van der Waals surface area contributed by atoms with Crippen LogP contribution in [0.15, 0.2) is 0 Å². The molecule has 0 aliphatic rings. The Kier molecular flexibility index (Phi) is 10.0. The Hall–Kier alpha value is -0.688. The second-order valence-electron chi connectivity index (χ2n) is 1.58. The zero-order chi connectivity index (χ0) is 10.3. The number of carbonyl (C=O) groups is 2. The second-order valence-corrected chi connectivity index (χ2v) is 1.58. The number of hydrogen-bond donors (Lipinski definition) is 0. The van der Waals surface area contributed by atoms with Gasteiger partial charge in [0.2, 0.25) is 0 Å². The first-order valence-electron chi connectivity index (χ1n) is 2.69. The van der Waals surface area contributed by atoms with E-state index in [4.69, 9.17) is 0 Å². The summed E-state index contributed by atoms with van der Waals surface area (Å²) in [5, 5.41) is 0. The van der Waals surface area contributed by atoms with E-state index in [0.717, 1.165) is 0 Å². The molecule has 0 N–H and O–H groups in total. The third kappa shape index (κ3) is 6.79. The predicted octanol–water partition coefficient (Wildman–Crippen LogP) is -0.514. The van der Waals surface area contributed by atoms with Gasteiger partial charge < -0.3 is 4.65 Å². The van der Waals surface area contributed by atoms with Crippen molar-refractivity contribution < 1.29 is 42.5 Å². The van der Waals surface area contributed by atoms with E-state index in [1.165, 1.54) is 0 Å². The summed E-state index contributed by atoms with van der Waals surface area (Å²) in [4.78, 5) is 28.1. The van der Waals surface area contributed by atoms with Crippen LogP contribution in [-0.4, -0.2) is 38.1 Å². The van der Waals surface area contributed by atoms with Crippen molar-refractivity contribution in [3.63, 3.8) is 0 Å². The van der Waals surface area contributed by atoms with Gasteiger partial charge in [-0.3, -0.25) is 9.74 Å². The van der Waals surface area contributed by atoms with Gasteiger partial charge in [0.25, 0.3) is 0 Å². The average Bonchev–Trinajstić information content (AvgIpc) is 2.13. The van der Waals surface area contributed by atoms with Gasteiger partial charge in [0.15, 0.2) is 0 Å². The Bertz CT molecular complexity index is 189. The molecule has 0 rings (SSSR count). The molecule has 0 aliphatic heterocycles. The fraction of sp³-hybridized carbons (Fsp3) is 0.333. The van der Waals surface area contributed by atoms with Crippen LogP contribution in [-0.2, 0) is 28.9 Å². The Morgan fingerprint density at radius 3 is 1.93 bits per heavy atom. The van der Waals surface area contributed by atoms with Gasteiger partial charge in [-0.15, -0.1) is 0 Å². The van der Waals surface area contributed by atoms with Gasteiger partial charge >= 0.3 is 38.1 Å². The van der Waals surface area contributed by atoms with E-state index in [2.05, 4.69) is 19.3 Å². The van der Waals surface area contributed by atoms with Gasteiger partial charge in [-0.1, -0.05) is 9.05 Å². The number of hydrogen-bond acceptors (Lipinski definition) is 6. The molecule has 0 aromatic rings. The minimum absolute atomic E-state index is 0. The van der Waals surface area contributed by atoms with E-state index in [1.54, 1.807) is 0 Å². The van der Waals surface area contributed by atoms with Crippen LogP contribution in [0.2, 0.25) is 0 Å². The molecular formula is C3H3BF3LiO6. The third-order valence-corrected chi connectivity index (χ3v) is 0.748. The van der Waals surface area contributed by atoms with Gasteiger partial charge in [-0.25, -0.2) is 4.79 Å². The average molecular weight is 210 g/mol. The Balaban J connectivity index is 0. The molecule has 0 radical (unpaired) electrons. The van der Waals surface area contributed by atoms with E-state index in [9.17, 15) is 23.2 Å². The fourth-order valence-corrected chi connectivity index (χ4v) is 0.344. The molecule has 0 fully saturated rings. The minimum atomic E-state index is -2.54. The summed E-state index contributed by atoms with van der Waals surface area (Å²) in [6, 6.07) is 0. The van der Waals surface area contributed by atoms with Crippen LogP contribution < -0.4 is 0 Å². The van der Waals surface area contributed by atoms with Crippen LogP contribution in [0.1, 0.15) is 6.42 Å². The zero-order valence-corrected chi connectivity index (χ0v) is 5.87. The van der Waals surface area contributed by atoms with E-state index in [-0.39, 0.29) is 18.9 Å². The number of rotatable bonds is 5. The molecule has 0 saturated carbocycles. The van der Waals surface area contributed by atoms with Gasteiger partial charge in [0.1, 0.15) is 6.42 Å². The van der Waals surface area contributed by atoms with Crippen molar-refractivity contribution in [3.8, 4) is 0 Å². The van der Waals surface area contributed by atoms with Crippen molar-refractivity contribution >= 4 is 38.1 Å². The normalized spacial score (nSPS) is 8.50. The first-order valence-corrected chi connectivity index (χ1v) is 2.69. The van der Waals surface area contributed by atoms with Crippen LogP contribution >= 0.6 is 0 Å². The molecule has 0 amide bonds. The first-order chi connectivity index (χ1) is 6.13. The molecule has 0 heterocycles. The summed E-state index contributed by atoms with van der Waals surface area (Å²) in [6.07, 6.45) is -1.17. The molecular weight excluding hydrogens is 207 g/mol. The third-order valence-electron chi connectivity index (χ3n) is 0.748. The molecule has 0 bridgehead atoms. The van der Waals surface area contributed by atoms with Crippen molar-refractivity contribution in [2.45, 2.75) is 6.42 Å². The predicted molar refractivity (Wildman–Crippen MR) is 35.2 cm³/mol. The summed E-state index contributed by atoms with van der Waals surface area (Å²) in [7, 11) is -2.54. The van der Waals surface area contributed by atoms with E-state index < -0.39 is 25.7 Å². The van der Waals surface area contributed by atoms with Crippen molar-refractivity contribution in [1.82, 2.24) is 0 Å². The van der Waals surface area contributed by atoms with Gasteiger partial charge in [0, 0.05) is 4.53 Å². The summed E-state index contributed by atoms with van der Waals surface area (Å²) in [5.41, 5.74) is 0. The molecule has 0 aliphatic carbocycles. The summed E-state index contributed by atoms with van der Waals surface area (Å²) in [6.45, 7) is 0. The van der Waals surface area contributed by atoms with E-state index >= 15 is 0 Å². The monoisotopic (exact) mass is 210 g/mol. The molecule has 0 aromatic carbocycles. The second kappa shape index (κ2) is 8.89. The molecule has 0 unspecified atom stereocenters. The molecule has 0 aromatic heterocycles. The topological polar surface area (TPSA) is 71.1 Å². The molecule has 14 heavy (non-hydrogen) atoms. The zero-order valence-electron chi connectivity index (χ0n) is 5.87.